The van der Waals surface area contributed by atoms with Crippen molar-refractivity contribution in [3.8, 4) is 11.3 Å². The van der Waals surface area contributed by atoms with Gasteiger partial charge in [0.25, 0.3) is 11.8 Å². The predicted molar refractivity (Wildman–Crippen MR) is 158 cm³/mol. The van der Waals surface area contributed by atoms with E-state index in [-0.39, 0.29) is 23.8 Å². The molecule has 10 nitrogen and oxygen atoms in total. The average molecular weight is 553 g/mol. The molecule has 1 N–H and O–H groups in total. The molecule has 5 rings (SSSR count). The van der Waals surface area contributed by atoms with E-state index in [9.17, 15) is 9.59 Å². The fourth-order valence-electron chi connectivity index (χ4n) is 5.14. The monoisotopic (exact) mass is 552 g/mol. The van der Waals surface area contributed by atoms with Crippen molar-refractivity contribution in [2.24, 2.45) is 0 Å². The Morgan fingerprint density at radius 1 is 1.02 bits per heavy atom. The van der Waals surface area contributed by atoms with Crippen LogP contribution in [0.1, 0.15) is 76.1 Å². The van der Waals surface area contributed by atoms with E-state index < -0.39 is 0 Å². The first kappa shape index (κ1) is 27.9. The molecular weight excluding hydrogens is 516 g/mol. The van der Waals surface area contributed by atoms with Gasteiger partial charge in [-0.3, -0.25) is 24.2 Å². The molecule has 2 amide bonds. The number of pyridine rings is 1. The minimum atomic E-state index is -0.205. The Morgan fingerprint density at radius 2 is 1.78 bits per heavy atom. The largest absolute Gasteiger partial charge is 0.351 e. The van der Waals surface area contributed by atoms with Crippen LogP contribution < -0.4 is 10.2 Å². The fraction of sp³-hybridized carbons (Fsp3) is 0.355. The second kappa shape index (κ2) is 11.5. The second-order valence-corrected chi connectivity index (χ2v) is 11.1. The van der Waals surface area contributed by atoms with E-state index in [1.807, 2.05) is 41.9 Å². The third-order valence-electron chi connectivity index (χ3n) is 7.27. The molecule has 0 spiro atoms. The Labute approximate surface area is 240 Å². The molecule has 0 radical (unpaired) electrons. The molecule has 4 heterocycles. The highest BCUT2D eigenvalue weighted by Crippen LogP contribution is 2.34. The van der Waals surface area contributed by atoms with Crippen molar-refractivity contribution < 1.29 is 9.59 Å². The Bertz CT molecular complexity index is 1540. The number of fused-ring (bicyclic) bond motifs is 1. The van der Waals surface area contributed by atoms with Gasteiger partial charge in [-0.1, -0.05) is 31.2 Å². The first-order valence-corrected chi connectivity index (χ1v) is 13.8. The van der Waals surface area contributed by atoms with Crippen molar-refractivity contribution in [3.05, 3.63) is 88.8 Å². The summed E-state index contributed by atoms with van der Waals surface area (Å²) >= 11 is 0. The standard InChI is InChI=1S/C31H36N8O2/c1-19(2)39-29-20(3)17-38(27-12-11-24(15-34-27)31(41)37(5)6)18-25(29)28(36-39)30(40)35-14-22-7-9-23(10-8-22)26-16-32-21(4)13-33-26/h7-13,15-16,19-20H,14,17-18H2,1-6H3,(H,35,40)/t20-/m0/s1. The smallest absolute Gasteiger partial charge is 0.272 e. The zero-order chi connectivity index (χ0) is 29.3. The molecule has 1 aliphatic rings. The van der Waals surface area contributed by atoms with E-state index in [1.165, 1.54) is 4.90 Å². The number of rotatable bonds is 7. The van der Waals surface area contributed by atoms with Crippen LogP contribution in [0.5, 0.6) is 0 Å². The first-order valence-electron chi connectivity index (χ1n) is 13.8. The Kier molecular flexibility index (Phi) is 7.83. The zero-order valence-corrected chi connectivity index (χ0v) is 24.4. The third kappa shape index (κ3) is 5.82. The Morgan fingerprint density at radius 3 is 2.39 bits per heavy atom. The van der Waals surface area contributed by atoms with Gasteiger partial charge in [0.1, 0.15) is 5.82 Å². The van der Waals surface area contributed by atoms with Crippen molar-refractivity contribution in [2.45, 2.75) is 52.7 Å². The van der Waals surface area contributed by atoms with E-state index in [0.717, 1.165) is 46.1 Å². The van der Waals surface area contributed by atoms with Crippen molar-refractivity contribution in [2.75, 3.05) is 25.5 Å². The molecule has 0 bridgehead atoms. The van der Waals surface area contributed by atoms with Crippen LogP contribution in [0.25, 0.3) is 11.3 Å². The number of amides is 2. The average Bonchev–Trinajstić information content (AvgIpc) is 3.37. The molecule has 212 valence electrons. The number of nitrogens with one attached hydrogen (secondary N) is 1. The fourth-order valence-corrected chi connectivity index (χ4v) is 5.14. The van der Waals surface area contributed by atoms with Crippen LogP contribution in [0, 0.1) is 6.92 Å². The van der Waals surface area contributed by atoms with Gasteiger partial charge in [-0.05, 0) is 38.5 Å². The molecule has 10 heteroatoms. The number of hydrogen-bond donors (Lipinski definition) is 1. The van der Waals surface area contributed by atoms with Gasteiger partial charge >= 0.3 is 0 Å². The van der Waals surface area contributed by atoms with E-state index in [4.69, 9.17) is 5.10 Å². The lowest BCUT2D eigenvalue weighted by molar-refractivity contribution is 0.0826. The number of nitrogens with zero attached hydrogens (tertiary/aromatic N) is 7. The molecule has 3 aromatic heterocycles. The van der Waals surface area contributed by atoms with E-state index in [2.05, 4.69) is 45.9 Å². The lowest BCUT2D eigenvalue weighted by atomic mass is 9.95. The topological polar surface area (TPSA) is 109 Å². The number of carbonyl (C=O) groups excluding carboxylic acids is 2. The van der Waals surface area contributed by atoms with Gasteiger partial charge in [-0.25, -0.2) is 4.98 Å². The predicted octanol–water partition coefficient (Wildman–Crippen LogP) is 4.38. The van der Waals surface area contributed by atoms with Gasteiger partial charge in [0.15, 0.2) is 5.69 Å². The summed E-state index contributed by atoms with van der Waals surface area (Å²) in [6, 6.07) is 11.7. The lowest BCUT2D eigenvalue weighted by Gasteiger charge is -2.33. The number of aromatic nitrogens is 5. The molecule has 0 aliphatic carbocycles. The Balaban J connectivity index is 1.34. The van der Waals surface area contributed by atoms with Crippen LogP contribution in [0.15, 0.2) is 55.0 Å². The number of carbonyl (C=O) groups is 2. The van der Waals surface area contributed by atoms with Gasteiger partial charge in [-0.15, -0.1) is 0 Å². The van der Waals surface area contributed by atoms with Crippen molar-refractivity contribution >= 4 is 17.6 Å². The third-order valence-corrected chi connectivity index (χ3v) is 7.27. The summed E-state index contributed by atoms with van der Waals surface area (Å²) in [4.78, 5) is 42.8. The summed E-state index contributed by atoms with van der Waals surface area (Å²) in [5, 5.41) is 7.86. The van der Waals surface area contributed by atoms with Crippen LogP contribution in [0.2, 0.25) is 0 Å². The molecule has 1 atom stereocenters. The van der Waals surface area contributed by atoms with Gasteiger partial charge in [0.05, 0.1) is 23.1 Å². The summed E-state index contributed by atoms with van der Waals surface area (Å²) < 4.78 is 1.98. The molecule has 0 saturated carbocycles. The highest BCUT2D eigenvalue weighted by atomic mass is 16.2. The molecule has 41 heavy (non-hydrogen) atoms. The highest BCUT2D eigenvalue weighted by Gasteiger charge is 2.33. The van der Waals surface area contributed by atoms with Gasteiger partial charge in [0, 0.05) is 74.9 Å². The Hall–Kier alpha value is -4.60. The first-order chi connectivity index (χ1) is 19.6. The molecule has 0 fully saturated rings. The quantitative estimate of drug-likeness (QED) is 0.362. The van der Waals surface area contributed by atoms with Gasteiger partial charge in [0.2, 0.25) is 0 Å². The summed E-state index contributed by atoms with van der Waals surface area (Å²) in [7, 11) is 3.44. The van der Waals surface area contributed by atoms with Crippen molar-refractivity contribution in [1.82, 2.24) is 34.9 Å². The summed E-state index contributed by atoms with van der Waals surface area (Å²) in [6.07, 6.45) is 5.12. The van der Waals surface area contributed by atoms with Crippen LogP contribution in [0.3, 0.4) is 0 Å². The number of anilines is 1. The van der Waals surface area contributed by atoms with Gasteiger partial charge in [-0.2, -0.15) is 5.10 Å². The van der Waals surface area contributed by atoms with Crippen LogP contribution in [-0.4, -0.2) is 62.1 Å². The van der Waals surface area contributed by atoms with Crippen molar-refractivity contribution in [1.29, 1.82) is 0 Å². The molecule has 4 aromatic rings. The normalized spacial score (nSPS) is 14.6. The van der Waals surface area contributed by atoms with E-state index in [1.54, 1.807) is 38.8 Å². The maximum absolute atomic E-state index is 13.5. The minimum Gasteiger partial charge on any atom is -0.351 e. The van der Waals surface area contributed by atoms with Crippen molar-refractivity contribution in [3.63, 3.8) is 0 Å². The molecule has 0 saturated heterocycles. The number of aryl methyl sites for hydroxylation is 1. The summed E-state index contributed by atoms with van der Waals surface area (Å²) in [6.45, 7) is 9.84. The minimum absolute atomic E-state index is 0.0889. The lowest BCUT2D eigenvalue weighted by Crippen LogP contribution is -2.35. The second-order valence-electron chi connectivity index (χ2n) is 11.1. The van der Waals surface area contributed by atoms with Crippen LogP contribution in [-0.2, 0) is 13.1 Å². The van der Waals surface area contributed by atoms with E-state index >= 15 is 0 Å². The van der Waals surface area contributed by atoms with Crippen LogP contribution >= 0.6 is 0 Å². The number of hydrogen-bond acceptors (Lipinski definition) is 7. The van der Waals surface area contributed by atoms with E-state index in [0.29, 0.717) is 24.3 Å². The summed E-state index contributed by atoms with van der Waals surface area (Å²) in [5.41, 5.74) is 6.61. The highest BCUT2D eigenvalue weighted by molar-refractivity contribution is 5.94. The zero-order valence-electron chi connectivity index (χ0n) is 24.4. The van der Waals surface area contributed by atoms with Gasteiger partial charge < -0.3 is 15.1 Å². The molecule has 1 aliphatic heterocycles. The SMILES string of the molecule is Cc1cnc(-c2ccc(CNC(=O)c3nn(C(C)C)c4c3CN(c3ccc(C(=O)N(C)C)cn3)C[C@@H]4C)cc2)cn1. The maximum atomic E-state index is 13.5. The molecule has 1 aromatic carbocycles. The number of benzene rings is 1. The molecular formula is C31H36N8O2. The van der Waals surface area contributed by atoms with Crippen LogP contribution in [0.4, 0.5) is 5.82 Å². The maximum Gasteiger partial charge on any atom is 0.272 e. The summed E-state index contributed by atoms with van der Waals surface area (Å²) in [5.74, 6) is 0.606. The molecule has 0 unspecified atom stereocenters.